The molecule has 5 rings (SSSR count). The summed E-state index contributed by atoms with van der Waals surface area (Å²) in [5, 5.41) is 15.8. The number of fused-ring (bicyclic) bond motifs is 1. The molecule has 34 heavy (non-hydrogen) atoms. The molecule has 0 saturated heterocycles. The summed E-state index contributed by atoms with van der Waals surface area (Å²) in [4.78, 5) is 12.9. The number of carbonyl (C=O) groups is 1. The molecular weight excluding hydrogens is 454 g/mol. The second-order valence-electron chi connectivity index (χ2n) is 7.77. The molecule has 0 saturated carbocycles. The number of hydrogen-bond acceptors (Lipinski definition) is 8. The maximum atomic E-state index is 12.9. The molecule has 3 heterocycles. The van der Waals surface area contributed by atoms with E-state index in [0.717, 1.165) is 28.5 Å². The van der Waals surface area contributed by atoms with Crippen molar-refractivity contribution in [3.8, 4) is 22.9 Å². The van der Waals surface area contributed by atoms with Crippen LogP contribution in [-0.2, 0) is 11.3 Å². The van der Waals surface area contributed by atoms with E-state index in [2.05, 4.69) is 20.7 Å². The first-order chi connectivity index (χ1) is 16.6. The first-order valence-electron chi connectivity index (χ1n) is 10.9. The number of thioether (sulfide) groups is 1. The highest BCUT2D eigenvalue weighted by Gasteiger charge is 2.24. The van der Waals surface area contributed by atoms with Gasteiger partial charge in [0.05, 0.1) is 11.8 Å². The molecule has 2 aromatic carbocycles. The Morgan fingerprint density at radius 3 is 2.71 bits per heavy atom. The van der Waals surface area contributed by atoms with Gasteiger partial charge in [-0.15, -0.1) is 10.2 Å². The van der Waals surface area contributed by atoms with Gasteiger partial charge in [-0.3, -0.25) is 9.36 Å². The zero-order chi connectivity index (χ0) is 23.5. The monoisotopic (exact) mass is 477 g/mol. The number of aryl methyl sites for hydroxylation is 1. The Morgan fingerprint density at radius 1 is 1.12 bits per heavy atom. The third-order valence-corrected chi connectivity index (χ3v) is 6.66. The lowest BCUT2D eigenvalue weighted by molar-refractivity contribution is -0.115. The lowest BCUT2D eigenvalue weighted by atomic mass is 10.2. The molecule has 0 bridgehead atoms. The summed E-state index contributed by atoms with van der Waals surface area (Å²) >= 11 is 1.37. The highest BCUT2D eigenvalue weighted by molar-refractivity contribution is 8.00. The Morgan fingerprint density at radius 2 is 1.94 bits per heavy atom. The highest BCUT2D eigenvalue weighted by atomic mass is 32.2. The normalized spacial score (nSPS) is 13.1. The van der Waals surface area contributed by atoms with Gasteiger partial charge in [-0.25, -0.2) is 0 Å². The lowest BCUT2D eigenvalue weighted by Gasteiger charge is -2.15. The van der Waals surface area contributed by atoms with Crippen molar-refractivity contribution in [2.45, 2.75) is 37.2 Å². The lowest BCUT2D eigenvalue weighted by Crippen LogP contribution is -2.25. The topological polar surface area (TPSA) is 104 Å². The minimum Gasteiger partial charge on any atom is -0.454 e. The Bertz CT molecular complexity index is 1300. The van der Waals surface area contributed by atoms with Crippen LogP contribution in [0, 0.1) is 6.92 Å². The molecule has 0 aliphatic carbocycles. The van der Waals surface area contributed by atoms with E-state index in [1.54, 1.807) is 13.0 Å². The number of ether oxygens (including phenoxy) is 2. The fourth-order valence-corrected chi connectivity index (χ4v) is 4.58. The maximum absolute atomic E-state index is 12.9. The molecule has 1 atom stereocenters. The minimum atomic E-state index is -0.389. The van der Waals surface area contributed by atoms with Crippen molar-refractivity contribution in [1.29, 1.82) is 0 Å². The smallest absolute Gasteiger partial charge is 0.239 e. The van der Waals surface area contributed by atoms with Crippen LogP contribution in [0.3, 0.4) is 0 Å². The van der Waals surface area contributed by atoms with Gasteiger partial charge < -0.3 is 19.3 Å². The van der Waals surface area contributed by atoms with Gasteiger partial charge in [0.15, 0.2) is 28.3 Å². The average molecular weight is 478 g/mol. The fraction of sp³-hybridized carbons (Fsp3) is 0.250. The highest BCUT2D eigenvalue weighted by Crippen LogP contribution is 2.34. The molecule has 4 aromatic rings. The molecule has 1 N–H and O–H groups in total. The Kier molecular flexibility index (Phi) is 6.22. The Labute approximate surface area is 200 Å². The van der Waals surface area contributed by atoms with E-state index in [1.165, 1.54) is 11.8 Å². The largest absolute Gasteiger partial charge is 0.454 e. The second kappa shape index (κ2) is 9.60. The number of rotatable bonds is 8. The van der Waals surface area contributed by atoms with Gasteiger partial charge >= 0.3 is 0 Å². The van der Waals surface area contributed by atoms with E-state index in [1.807, 2.05) is 60.0 Å². The third kappa shape index (κ3) is 4.62. The van der Waals surface area contributed by atoms with Crippen LogP contribution >= 0.6 is 11.8 Å². The molecule has 0 fully saturated rings. The van der Waals surface area contributed by atoms with Crippen molar-refractivity contribution in [1.82, 2.24) is 19.9 Å². The molecule has 1 aliphatic rings. The number of nitrogens with zero attached hydrogens (tertiary/aromatic N) is 4. The number of carbonyl (C=O) groups excluding carboxylic acids is 1. The van der Waals surface area contributed by atoms with Crippen LogP contribution in [0.5, 0.6) is 11.5 Å². The Balaban J connectivity index is 1.44. The maximum Gasteiger partial charge on any atom is 0.239 e. The molecule has 0 spiro atoms. The summed E-state index contributed by atoms with van der Waals surface area (Å²) < 4.78 is 18.0. The predicted octanol–water partition coefficient (Wildman–Crippen LogP) is 4.53. The number of aromatic nitrogens is 4. The zero-order valence-electron chi connectivity index (χ0n) is 18.7. The molecule has 2 aromatic heterocycles. The van der Waals surface area contributed by atoms with Crippen molar-refractivity contribution >= 4 is 23.5 Å². The molecule has 0 radical (unpaired) electrons. The molecule has 174 valence electrons. The summed E-state index contributed by atoms with van der Waals surface area (Å²) in [6, 6.07) is 17.4. The molecule has 9 nitrogen and oxygen atoms in total. The first-order valence-corrected chi connectivity index (χ1v) is 11.8. The fourth-order valence-electron chi connectivity index (χ4n) is 3.62. The van der Waals surface area contributed by atoms with Crippen LogP contribution in [0.4, 0.5) is 5.82 Å². The van der Waals surface area contributed by atoms with Gasteiger partial charge in [0.2, 0.25) is 12.7 Å². The van der Waals surface area contributed by atoms with Crippen LogP contribution in [0.1, 0.15) is 24.7 Å². The van der Waals surface area contributed by atoms with Gasteiger partial charge in [-0.05, 0) is 31.0 Å². The van der Waals surface area contributed by atoms with Crippen LogP contribution in [-0.4, -0.2) is 37.9 Å². The predicted molar refractivity (Wildman–Crippen MR) is 127 cm³/mol. The molecular formula is C24H23N5O4S. The van der Waals surface area contributed by atoms with Gasteiger partial charge in [0.1, 0.15) is 5.76 Å². The first kappa shape index (κ1) is 22.0. The third-order valence-electron chi connectivity index (χ3n) is 5.32. The van der Waals surface area contributed by atoms with Crippen LogP contribution < -0.4 is 14.8 Å². The van der Waals surface area contributed by atoms with Crippen molar-refractivity contribution in [2.75, 3.05) is 12.1 Å². The van der Waals surface area contributed by atoms with Crippen molar-refractivity contribution in [3.05, 3.63) is 65.9 Å². The van der Waals surface area contributed by atoms with E-state index in [9.17, 15) is 4.79 Å². The van der Waals surface area contributed by atoms with E-state index in [-0.39, 0.29) is 18.0 Å². The van der Waals surface area contributed by atoms with Gasteiger partial charge in [-0.1, -0.05) is 60.2 Å². The number of anilines is 1. The number of nitrogens with one attached hydrogen (secondary N) is 1. The average Bonchev–Trinajstić information content (AvgIpc) is 3.58. The summed E-state index contributed by atoms with van der Waals surface area (Å²) in [7, 11) is 0. The van der Waals surface area contributed by atoms with Gasteiger partial charge in [0, 0.05) is 11.6 Å². The molecule has 10 heteroatoms. The van der Waals surface area contributed by atoms with Crippen LogP contribution in [0.15, 0.2) is 64.3 Å². The molecule has 1 amide bonds. The van der Waals surface area contributed by atoms with E-state index in [0.29, 0.717) is 29.7 Å². The van der Waals surface area contributed by atoms with Crippen molar-refractivity contribution in [2.24, 2.45) is 0 Å². The van der Waals surface area contributed by atoms with Crippen LogP contribution in [0.2, 0.25) is 0 Å². The summed E-state index contributed by atoms with van der Waals surface area (Å²) in [6.07, 6.45) is 0.602. The van der Waals surface area contributed by atoms with E-state index < -0.39 is 0 Å². The quantitative estimate of drug-likeness (QED) is 0.369. The minimum absolute atomic E-state index is 0.167. The number of hydrogen-bond donors (Lipinski definition) is 1. The van der Waals surface area contributed by atoms with E-state index >= 15 is 0 Å². The molecule has 1 unspecified atom stereocenters. The summed E-state index contributed by atoms with van der Waals surface area (Å²) in [6.45, 7) is 4.47. The van der Waals surface area contributed by atoms with Gasteiger partial charge in [-0.2, -0.15) is 0 Å². The number of benzene rings is 2. The van der Waals surface area contributed by atoms with Crippen molar-refractivity contribution < 1.29 is 18.8 Å². The number of amides is 1. The zero-order valence-corrected chi connectivity index (χ0v) is 19.5. The SMILES string of the molecule is CCC(Sc1nnc(-c2ccccc2)n1Cc1ccc2c(c1)OCO2)C(=O)Nc1cc(C)on1. The summed E-state index contributed by atoms with van der Waals surface area (Å²) in [5.41, 5.74) is 1.96. The Hall–Kier alpha value is -3.79. The standard InChI is InChI=1S/C24H23N5O4S/c1-3-20(23(30)25-21-11-15(2)33-28-21)34-24-27-26-22(17-7-5-4-6-8-17)29(24)13-16-9-10-18-19(12-16)32-14-31-18/h4-12,20H,3,13-14H2,1-2H3,(H,25,28,30). The second-order valence-corrected chi connectivity index (χ2v) is 8.94. The molecule has 1 aliphatic heterocycles. The van der Waals surface area contributed by atoms with Crippen molar-refractivity contribution in [3.63, 3.8) is 0 Å². The van der Waals surface area contributed by atoms with Gasteiger partial charge in [0.25, 0.3) is 0 Å². The van der Waals surface area contributed by atoms with Crippen LogP contribution in [0.25, 0.3) is 11.4 Å². The van der Waals surface area contributed by atoms with E-state index in [4.69, 9.17) is 14.0 Å². The summed E-state index contributed by atoms with van der Waals surface area (Å²) in [5.74, 6) is 3.04.